The molecule has 8 nitrogen and oxygen atoms in total. The van der Waals surface area contributed by atoms with E-state index in [-0.39, 0.29) is 35.9 Å². The average Bonchev–Trinajstić information content (AvgIpc) is 3.43. The molecule has 1 fully saturated rings. The Labute approximate surface area is 187 Å². The first-order valence-corrected chi connectivity index (χ1v) is 12.0. The highest BCUT2D eigenvalue weighted by atomic mass is 32.1. The highest BCUT2D eigenvalue weighted by molar-refractivity contribution is 7.17. The maximum atomic E-state index is 13.0. The molecule has 1 aliphatic carbocycles. The molecule has 2 amide bonds. The number of thiazole rings is 1. The number of carbonyl (C=O) groups is 4. The molecule has 2 aromatic heterocycles. The minimum atomic E-state index is -0.457. The van der Waals surface area contributed by atoms with Crippen molar-refractivity contribution >= 4 is 51.4 Å². The number of esters is 1. The van der Waals surface area contributed by atoms with Crippen LogP contribution in [0, 0.1) is 11.8 Å². The molecular formula is C21H23N3O5S2. The first-order valence-electron chi connectivity index (χ1n) is 10.3. The van der Waals surface area contributed by atoms with Gasteiger partial charge in [0.15, 0.2) is 10.9 Å². The monoisotopic (exact) mass is 461 g/mol. The fourth-order valence-corrected chi connectivity index (χ4v) is 5.55. The maximum absolute atomic E-state index is 13.0. The Kier molecular flexibility index (Phi) is 6.47. The van der Waals surface area contributed by atoms with Crippen LogP contribution in [0.4, 0.5) is 5.13 Å². The highest BCUT2D eigenvalue weighted by Gasteiger charge is 2.37. The van der Waals surface area contributed by atoms with Crippen molar-refractivity contribution in [2.24, 2.45) is 11.8 Å². The molecule has 10 heteroatoms. The number of aromatic nitrogens is 1. The summed E-state index contributed by atoms with van der Waals surface area (Å²) in [6.45, 7) is 3.11. The molecule has 1 saturated heterocycles. The molecule has 1 N–H and O–H groups in total. The van der Waals surface area contributed by atoms with Gasteiger partial charge in [0.1, 0.15) is 0 Å². The van der Waals surface area contributed by atoms with Crippen LogP contribution in [0.5, 0.6) is 0 Å². The predicted octanol–water partition coefficient (Wildman–Crippen LogP) is 3.00. The number of fused-ring (bicyclic) bond motifs is 1. The molecule has 0 saturated carbocycles. The lowest BCUT2D eigenvalue weighted by atomic mass is 9.87. The van der Waals surface area contributed by atoms with Gasteiger partial charge in [-0.05, 0) is 31.2 Å². The van der Waals surface area contributed by atoms with Gasteiger partial charge in [-0.1, -0.05) is 11.3 Å². The summed E-state index contributed by atoms with van der Waals surface area (Å²) < 4.78 is 5.08. The van der Waals surface area contributed by atoms with Crippen LogP contribution < -0.4 is 5.32 Å². The number of rotatable bonds is 5. The second-order valence-corrected chi connectivity index (χ2v) is 9.42. The van der Waals surface area contributed by atoms with Crippen LogP contribution in [-0.2, 0) is 20.7 Å². The van der Waals surface area contributed by atoms with Gasteiger partial charge in [-0.3, -0.25) is 24.5 Å². The molecule has 3 heterocycles. The van der Waals surface area contributed by atoms with E-state index < -0.39 is 5.92 Å². The molecule has 1 unspecified atom stereocenters. The first-order chi connectivity index (χ1) is 15.0. The van der Waals surface area contributed by atoms with Gasteiger partial charge in [0, 0.05) is 31.3 Å². The van der Waals surface area contributed by atoms with E-state index in [1.54, 1.807) is 23.3 Å². The standard InChI is InChI=1S/C21H23N3O5S2/c1-2-29-20(28)12-3-6-24(7-4-12)19(27)14-9-15-17(16(25)10-14)31-21(22-15)23-18(26)13-5-8-30-11-13/h5,8,11-12,14H,2-4,6-7,9-10H2,1H3,(H,22,23,26). The number of carbonyl (C=O) groups excluding carboxylic acids is 4. The predicted molar refractivity (Wildman–Crippen MR) is 116 cm³/mol. The number of likely N-dealkylation sites (tertiary alicyclic amines) is 1. The molecule has 2 aromatic rings. The number of anilines is 1. The lowest BCUT2D eigenvalue weighted by molar-refractivity contribution is -0.151. The van der Waals surface area contributed by atoms with Crippen LogP contribution in [0.3, 0.4) is 0 Å². The molecule has 31 heavy (non-hydrogen) atoms. The number of ketones is 1. The number of thiophene rings is 1. The SMILES string of the molecule is CCOC(=O)C1CCN(C(=O)C2CC(=O)c3sc(NC(=O)c4ccsc4)nc3C2)CC1. The molecule has 4 rings (SSSR count). The van der Waals surface area contributed by atoms with Crippen LogP contribution in [-0.4, -0.2) is 53.1 Å². The van der Waals surface area contributed by atoms with Gasteiger partial charge in [-0.25, -0.2) is 4.98 Å². The Bertz CT molecular complexity index is 993. The smallest absolute Gasteiger partial charge is 0.309 e. The molecule has 2 aliphatic rings. The molecule has 0 spiro atoms. The van der Waals surface area contributed by atoms with Crippen LogP contribution in [0.2, 0.25) is 0 Å². The summed E-state index contributed by atoms with van der Waals surface area (Å²) >= 11 is 2.59. The van der Waals surface area contributed by atoms with Crippen molar-refractivity contribution in [2.75, 3.05) is 25.0 Å². The average molecular weight is 462 g/mol. The number of nitrogens with one attached hydrogen (secondary N) is 1. The number of nitrogens with zero attached hydrogens (tertiary/aromatic N) is 2. The first kappa shape index (κ1) is 21.6. The zero-order chi connectivity index (χ0) is 22.0. The van der Waals surface area contributed by atoms with Crippen molar-refractivity contribution in [3.63, 3.8) is 0 Å². The summed E-state index contributed by atoms with van der Waals surface area (Å²) in [5, 5.41) is 6.67. The molecule has 0 radical (unpaired) electrons. The Morgan fingerprint density at radius 3 is 2.68 bits per heavy atom. The van der Waals surface area contributed by atoms with E-state index in [9.17, 15) is 19.2 Å². The number of hydrogen-bond donors (Lipinski definition) is 1. The van der Waals surface area contributed by atoms with Gasteiger partial charge >= 0.3 is 5.97 Å². The van der Waals surface area contributed by atoms with Gasteiger partial charge in [0.25, 0.3) is 5.91 Å². The maximum Gasteiger partial charge on any atom is 0.309 e. The third-order valence-corrected chi connectivity index (χ3v) is 7.34. The second-order valence-electron chi connectivity index (χ2n) is 7.64. The van der Waals surface area contributed by atoms with Crippen LogP contribution >= 0.6 is 22.7 Å². The Morgan fingerprint density at radius 2 is 2.00 bits per heavy atom. The summed E-state index contributed by atoms with van der Waals surface area (Å²) in [5.74, 6) is -1.28. The number of amides is 2. The Balaban J connectivity index is 1.38. The third kappa shape index (κ3) is 4.69. The van der Waals surface area contributed by atoms with Crippen molar-refractivity contribution in [1.82, 2.24) is 9.88 Å². The normalized spacial score (nSPS) is 19.1. The molecule has 164 valence electrons. The number of Topliss-reactive ketones (excluding diaryl/α,β-unsaturated/α-hetero) is 1. The summed E-state index contributed by atoms with van der Waals surface area (Å²) in [6, 6.07) is 1.72. The zero-order valence-corrected chi connectivity index (χ0v) is 18.7. The van der Waals surface area contributed by atoms with E-state index in [2.05, 4.69) is 10.3 Å². The van der Waals surface area contributed by atoms with E-state index in [1.165, 1.54) is 11.3 Å². The van der Waals surface area contributed by atoms with Gasteiger partial charge in [-0.15, -0.1) is 0 Å². The summed E-state index contributed by atoms with van der Waals surface area (Å²) in [7, 11) is 0. The topological polar surface area (TPSA) is 106 Å². The van der Waals surface area contributed by atoms with Crippen molar-refractivity contribution in [2.45, 2.75) is 32.6 Å². The number of piperidine rings is 1. The minimum Gasteiger partial charge on any atom is -0.466 e. The molecular weight excluding hydrogens is 438 g/mol. The molecule has 0 aromatic carbocycles. The minimum absolute atomic E-state index is 0.0711. The van der Waals surface area contributed by atoms with E-state index in [4.69, 9.17) is 4.74 Å². The van der Waals surface area contributed by atoms with E-state index in [0.29, 0.717) is 60.2 Å². The second kappa shape index (κ2) is 9.27. The van der Waals surface area contributed by atoms with Crippen molar-refractivity contribution < 1.29 is 23.9 Å². The van der Waals surface area contributed by atoms with Crippen LogP contribution in [0.25, 0.3) is 0 Å². The summed E-state index contributed by atoms with van der Waals surface area (Å²) in [6.07, 6.45) is 1.67. The van der Waals surface area contributed by atoms with E-state index >= 15 is 0 Å². The van der Waals surface area contributed by atoms with Crippen molar-refractivity contribution in [1.29, 1.82) is 0 Å². The third-order valence-electron chi connectivity index (χ3n) is 5.60. The highest BCUT2D eigenvalue weighted by Crippen LogP contribution is 2.34. The lowest BCUT2D eigenvalue weighted by Gasteiger charge is -2.34. The van der Waals surface area contributed by atoms with Gasteiger partial charge in [0.2, 0.25) is 5.91 Å². The van der Waals surface area contributed by atoms with E-state index in [1.807, 2.05) is 5.38 Å². The van der Waals surface area contributed by atoms with Crippen molar-refractivity contribution in [3.8, 4) is 0 Å². The largest absolute Gasteiger partial charge is 0.466 e. The molecule has 1 atom stereocenters. The Morgan fingerprint density at radius 1 is 1.23 bits per heavy atom. The summed E-state index contributed by atoms with van der Waals surface area (Å²) in [5.41, 5.74) is 1.12. The zero-order valence-electron chi connectivity index (χ0n) is 17.1. The van der Waals surface area contributed by atoms with Crippen LogP contribution in [0.1, 0.15) is 51.9 Å². The molecule has 1 aliphatic heterocycles. The van der Waals surface area contributed by atoms with E-state index in [0.717, 1.165) is 11.3 Å². The van der Waals surface area contributed by atoms with Gasteiger partial charge < -0.3 is 9.64 Å². The van der Waals surface area contributed by atoms with Crippen molar-refractivity contribution in [3.05, 3.63) is 33.0 Å². The summed E-state index contributed by atoms with van der Waals surface area (Å²) in [4.78, 5) is 56.5. The van der Waals surface area contributed by atoms with Gasteiger partial charge in [-0.2, -0.15) is 11.3 Å². The Hall–Kier alpha value is -2.59. The fourth-order valence-electron chi connectivity index (χ4n) is 3.97. The number of ether oxygens (including phenoxy) is 1. The fraction of sp³-hybridized carbons (Fsp3) is 0.476. The number of hydrogen-bond acceptors (Lipinski definition) is 8. The molecule has 0 bridgehead atoms. The van der Waals surface area contributed by atoms with Crippen LogP contribution in [0.15, 0.2) is 16.8 Å². The van der Waals surface area contributed by atoms with Gasteiger partial charge in [0.05, 0.1) is 34.6 Å². The lowest BCUT2D eigenvalue weighted by Crippen LogP contribution is -2.45. The quantitative estimate of drug-likeness (QED) is 0.686.